The summed E-state index contributed by atoms with van der Waals surface area (Å²) < 4.78 is 24.9. The second kappa shape index (κ2) is 21.0. The number of piperidine rings is 1. The Hall–Kier alpha value is -5.07. The van der Waals surface area contributed by atoms with E-state index in [1.165, 1.54) is 20.3 Å². The van der Waals surface area contributed by atoms with Crippen LogP contribution in [0.2, 0.25) is 0 Å². The molecule has 1 spiro atoms. The van der Waals surface area contributed by atoms with Crippen LogP contribution in [0.4, 0.5) is 10.5 Å². The van der Waals surface area contributed by atoms with Gasteiger partial charge in [-0.25, -0.2) is 9.79 Å². The molecule has 17 nitrogen and oxygen atoms in total. The number of nitrogens with zero attached hydrogens (tertiary/aromatic N) is 5. The predicted octanol–water partition coefficient (Wildman–Crippen LogP) is 5.60. The van der Waals surface area contributed by atoms with Gasteiger partial charge < -0.3 is 54.5 Å². The van der Waals surface area contributed by atoms with Crippen LogP contribution in [0.5, 0.6) is 17.2 Å². The molecule has 6 aliphatic heterocycles. The van der Waals surface area contributed by atoms with Crippen LogP contribution in [0.25, 0.3) is 10.8 Å². The van der Waals surface area contributed by atoms with Crippen molar-refractivity contribution in [3.63, 3.8) is 0 Å². The number of hydrogen-bond donors (Lipinski definition) is 5. The average Bonchev–Trinajstić information content (AvgIpc) is 3.82. The number of piperazine rings is 1. The van der Waals surface area contributed by atoms with Gasteiger partial charge in [-0.05, 0) is 31.8 Å². The minimum absolute atomic E-state index is 0.0557. The molecule has 5 N–H and O–H groups in total. The van der Waals surface area contributed by atoms with Crippen LogP contribution in [0, 0.1) is 42.4 Å². The number of aliphatic hydroxyl groups is 2. The molecule has 2 saturated heterocycles. The second-order valence-electron chi connectivity index (χ2n) is 21.4. The predicted molar refractivity (Wildman–Crippen MR) is 265 cm³/mol. The highest BCUT2D eigenvalue weighted by Crippen LogP contribution is 2.51. The summed E-state index contributed by atoms with van der Waals surface area (Å²) in [7, 11) is 1.50. The fourth-order valence-corrected chi connectivity index (χ4v) is 10.9. The van der Waals surface area contributed by atoms with E-state index in [-0.39, 0.29) is 49.7 Å². The number of carbonyl (C=O) groups excluding carboxylic acids is 3. The van der Waals surface area contributed by atoms with Crippen molar-refractivity contribution in [1.82, 2.24) is 14.7 Å². The van der Waals surface area contributed by atoms with E-state index >= 15 is 0 Å². The number of aliphatic hydroxyl groups excluding tert-OH is 2. The van der Waals surface area contributed by atoms with Crippen molar-refractivity contribution in [3.05, 3.63) is 58.0 Å². The number of hydrogen-bond acceptors (Lipinski definition) is 15. The second-order valence-corrected chi connectivity index (χ2v) is 21.4. The highest BCUT2D eigenvalue weighted by Gasteiger charge is 2.51. The molecule has 0 aromatic heterocycles. The van der Waals surface area contributed by atoms with Gasteiger partial charge in [0.05, 0.1) is 41.2 Å². The third kappa shape index (κ3) is 10.3. The van der Waals surface area contributed by atoms with Crippen LogP contribution < -0.4 is 20.8 Å². The van der Waals surface area contributed by atoms with E-state index in [1.54, 1.807) is 63.8 Å². The Kier molecular flexibility index (Phi) is 15.8. The molecule has 8 rings (SSSR count). The van der Waals surface area contributed by atoms with Gasteiger partial charge in [0.25, 0.3) is 11.7 Å². The van der Waals surface area contributed by atoms with Crippen molar-refractivity contribution in [2.75, 3.05) is 64.8 Å². The Labute approximate surface area is 411 Å². The number of rotatable bonds is 6. The Morgan fingerprint density at radius 3 is 2.10 bits per heavy atom. The van der Waals surface area contributed by atoms with Crippen LogP contribution in [-0.2, 0) is 19.0 Å². The maximum Gasteiger partial charge on any atom is 0.410 e. The smallest absolute Gasteiger partial charge is 0.410 e. The van der Waals surface area contributed by atoms with E-state index in [9.17, 15) is 34.8 Å². The van der Waals surface area contributed by atoms with Gasteiger partial charge in [-0.3, -0.25) is 19.5 Å². The van der Waals surface area contributed by atoms with Crippen molar-refractivity contribution < 1.29 is 53.8 Å². The number of allylic oxidation sites excluding steroid dienone is 2. The first-order valence-electron chi connectivity index (χ1n) is 25.1. The summed E-state index contributed by atoms with van der Waals surface area (Å²) >= 11 is 0. The first-order chi connectivity index (χ1) is 33.0. The molecular formula is C53H76N6O11. The van der Waals surface area contributed by atoms with E-state index in [0.29, 0.717) is 56.5 Å². The molecule has 0 saturated carbocycles. The van der Waals surface area contributed by atoms with Crippen LogP contribution in [0.1, 0.15) is 98.0 Å². The summed E-state index contributed by atoms with van der Waals surface area (Å²) in [6.07, 6.45) is 4.53. The maximum atomic E-state index is 14.9. The number of ketones is 1. The Balaban J connectivity index is 1.32. The third-order valence-corrected chi connectivity index (χ3v) is 15.1. The van der Waals surface area contributed by atoms with Gasteiger partial charge in [-0.1, -0.05) is 73.6 Å². The molecule has 70 heavy (non-hydrogen) atoms. The Bertz CT molecular complexity index is 2540. The molecule has 0 unspecified atom stereocenters. The van der Waals surface area contributed by atoms with Gasteiger partial charge >= 0.3 is 11.9 Å². The number of carbonyl (C=O) groups is 3. The van der Waals surface area contributed by atoms with Gasteiger partial charge in [0.15, 0.2) is 5.75 Å². The minimum atomic E-state index is -1.97. The largest absolute Gasteiger partial charge is 0.507 e. The van der Waals surface area contributed by atoms with Crippen molar-refractivity contribution in [2.24, 2.45) is 45.5 Å². The highest BCUT2D eigenvalue weighted by molar-refractivity contribution is 6.21. The normalized spacial score (nSPS) is 31.7. The number of nitrogens with one attached hydrogen (secondary N) is 1. The fourth-order valence-electron chi connectivity index (χ4n) is 10.9. The maximum absolute atomic E-state index is 14.9. The van der Waals surface area contributed by atoms with Gasteiger partial charge in [-0.15, -0.1) is 0 Å². The number of likely N-dealkylation sites (tertiary alicyclic amines) is 1. The average molecular weight is 973 g/mol. The van der Waals surface area contributed by atoms with E-state index in [4.69, 9.17) is 23.9 Å². The van der Waals surface area contributed by atoms with Crippen molar-refractivity contribution in [1.29, 1.82) is 0 Å². The number of fused-ring (bicyclic) bond motifs is 13. The number of amides is 2. The third-order valence-electron chi connectivity index (χ3n) is 15.1. The topological polar surface area (TPSA) is 216 Å². The molecule has 0 aliphatic carbocycles. The van der Waals surface area contributed by atoms with Gasteiger partial charge in [0.1, 0.15) is 34.0 Å². The van der Waals surface area contributed by atoms with E-state index < -0.39 is 83.1 Å². The van der Waals surface area contributed by atoms with Gasteiger partial charge in [0.2, 0.25) is 0 Å². The van der Waals surface area contributed by atoms with Crippen LogP contribution in [-0.4, -0.2) is 148 Å². The number of aromatic hydroxyl groups is 2. The molecule has 6 heterocycles. The zero-order valence-electron chi connectivity index (χ0n) is 43.1. The molecule has 9 atom stereocenters. The van der Waals surface area contributed by atoms with Crippen molar-refractivity contribution >= 4 is 34.2 Å². The fraction of sp³-hybridized carbons (Fsp3) is 0.642. The monoisotopic (exact) mass is 973 g/mol. The molecule has 2 aromatic rings. The number of benzene rings is 2. The summed E-state index contributed by atoms with van der Waals surface area (Å²) in [5.41, 5.74) is -0.114. The molecule has 0 radical (unpaired) electrons. The lowest BCUT2D eigenvalue weighted by atomic mass is 9.78. The van der Waals surface area contributed by atoms with E-state index in [2.05, 4.69) is 47.8 Å². The van der Waals surface area contributed by atoms with Crippen molar-refractivity contribution in [2.45, 2.75) is 125 Å². The van der Waals surface area contributed by atoms with Gasteiger partial charge in [0, 0.05) is 119 Å². The molecule has 2 fully saturated rings. The number of phenolic OH excluding ortho intramolecular Hbond substituents is 2. The molecule has 5 bridgehead atoms. The lowest BCUT2D eigenvalue weighted by molar-refractivity contribution is -0.114. The zero-order chi connectivity index (χ0) is 51.1. The highest BCUT2D eigenvalue weighted by atomic mass is 16.7. The molecule has 2 aromatic carbocycles. The minimum Gasteiger partial charge on any atom is -0.507 e. The number of methoxy groups -OCH3 is 1. The van der Waals surface area contributed by atoms with E-state index in [0.717, 1.165) is 26.2 Å². The quantitative estimate of drug-likeness (QED) is 0.223. The number of ether oxygens (including phenoxy) is 4. The molecule has 384 valence electrons. The summed E-state index contributed by atoms with van der Waals surface area (Å²) in [5.74, 6) is -5.66. The van der Waals surface area contributed by atoms with Crippen LogP contribution >= 0.6 is 0 Å². The summed E-state index contributed by atoms with van der Waals surface area (Å²) in [4.78, 5) is 58.9. The molecule has 2 amide bonds. The Morgan fingerprint density at radius 2 is 1.49 bits per heavy atom. The lowest BCUT2D eigenvalue weighted by Crippen LogP contribution is -2.52. The Morgan fingerprint density at radius 1 is 0.857 bits per heavy atom. The van der Waals surface area contributed by atoms with Crippen LogP contribution in [0.15, 0.2) is 46.1 Å². The number of phenols is 2. The summed E-state index contributed by atoms with van der Waals surface area (Å²) in [6, 6.07) is 0. The molecular weight excluding hydrogens is 897 g/mol. The number of Topliss-reactive ketones (excluding diaryl/α,β-unsaturated/α-hetero) is 1. The summed E-state index contributed by atoms with van der Waals surface area (Å²) in [5, 5.41) is 51.5. The standard InChI is InChI=1S/C53H76N6O11/c1-28(2)26-57-19-17-53(18-20-57)55-40-37-38-45(62)35(10)48-39(37)49(64)52(11,70-48)68-25-16-36(67-12)32(7)47(69-51(66)59-23-21-58(22-24-59)27-29(3)4)34(9)44(61)33(8)43(60)30(5)14-13-15-31(6)50(65)54-42(46(38)63)41(40)56-53/h13-16,25,28-30,32-34,36,43-44,47,55,60-63H,17-24,26-27H2,1-12H3/b14-13+,25-16+,31-15-,54-42?/t30-,32+,33+,34+,36-,43-,44+,47+,52-/m0/s1. The van der Waals surface area contributed by atoms with Gasteiger partial charge in [-0.2, -0.15) is 0 Å². The SMILES string of the molecule is CO[C@H]1/C=C/O[C@@]2(C)Oc3c(C)c(O)c4c(O)c(c5c(c4c3C2=O)NC2(CCN(CC(C)C)CC2)N=5)=NC(=O)/C(C)=C\C=C\[C@H](C)[C@H](O)[C@@H](C)[C@@H](O)[C@@H](C)[C@H](OC(=O)N2CCN(CC(C)C)CC2)[C@@H]1C. The lowest BCUT2D eigenvalue weighted by Gasteiger charge is -2.40. The van der Waals surface area contributed by atoms with Crippen LogP contribution in [0.3, 0.4) is 0 Å². The molecule has 17 heteroatoms. The number of anilines is 1. The molecule has 6 aliphatic rings. The zero-order valence-corrected chi connectivity index (χ0v) is 43.1. The van der Waals surface area contributed by atoms with Crippen molar-refractivity contribution in [3.8, 4) is 17.2 Å². The first-order valence-corrected chi connectivity index (χ1v) is 25.1. The first kappa shape index (κ1) is 52.7. The van der Waals surface area contributed by atoms with E-state index in [1.807, 2.05) is 6.92 Å². The summed E-state index contributed by atoms with van der Waals surface area (Å²) in [6.45, 7) is 26.1.